The van der Waals surface area contributed by atoms with Crippen LogP contribution in [-0.2, 0) is 14.6 Å². The molecule has 1 atom stereocenters. The highest BCUT2D eigenvalue weighted by molar-refractivity contribution is 7.90. The van der Waals surface area contributed by atoms with Gasteiger partial charge in [0.2, 0.25) is 12.4 Å². The topological polar surface area (TPSA) is 63.6 Å². The number of alkyl halides is 1. The maximum atomic E-state index is 13.0. The van der Waals surface area contributed by atoms with Crippen molar-refractivity contribution >= 4 is 15.9 Å². The van der Waals surface area contributed by atoms with Gasteiger partial charge in [0.15, 0.2) is 9.84 Å². The molecule has 1 rings (SSSR count). The monoisotopic (exact) mass is 229 g/mol. The van der Waals surface area contributed by atoms with Gasteiger partial charge in [0.05, 0.1) is 4.90 Å². The second kappa shape index (κ2) is 4.33. The first-order valence-corrected chi connectivity index (χ1v) is 5.85. The molecule has 0 aliphatic rings. The highest BCUT2D eigenvalue weighted by Gasteiger charge is 2.10. The molecule has 0 heterocycles. The Hall–Kier alpha value is -1.52. The van der Waals surface area contributed by atoms with E-state index in [1.54, 1.807) is 0 Å². The Labute approximate surface area is 86.4 Å². The minimum atomic E-state index is -3.29. The summed E-state index contributed by atoms with van der Waals surface area (Å²) in [6, 6.07) is 5.05. The van der Waals surface area contributed by atoms with Crippen molar-refractivity contribution in [1.29, 1.82) is 0 Å². The smallest absolute Gasteiger partial charge is 0.224 e. The summed E-state index contributed by atoms with van der Waals surface area (Å²) in [7, 11) is -3.29. The van der Waals surface area contributed by atoms with Crippen molar-refractivity contribution in [2.24, 2.45) is 4.99 Å². The lowest BCUT2D eigenvalue weighted by Gasteiger charge is -2.02. The van der Waals surface area contributed by atoms with Crippen LogP contribution in [0, 0.1) is 0 Å². The summed E-state index contributed by atoms with van der Waals surface area (Å²) in [4.78, 5) is 12.7. The number of isocyanates is 1. The summed E-state index contributed by atoms with van der Waals surface area (Å²) in [5, 5.41) is 0. The van der Waals surface area contributed by atoms with Gasteiger partial charge < -0.3 is 0 Å². The van der Waals surface area contributed by atoms with Gasteiger partial charge in [0.25, 0.3) is 0 Å². The Bertz CT molecular complexity index is 489. The van der Waals surface area contributed by atoms with Crippen molar-refractivity contribution in [3.05, 3.63) is 29.8 Å². The van der Waals surface area contributed by atoms with E-state index in [1.807, 2.05) is 0 Å². The zero-order valence-corrected chi connectivity index (χ0v) is 8.66. The van der Waals surface area contributed by atoms with Crippen molar-refractivity contribution in [1.82, 2.24) is 0 Å². The molecule has 0 fully saturated rings. The molecule has 6 heteroatoms. The van der Waals surface area contributed by atoms with E-state index in [2.05, 4.69) is 4.99 Å². The SMILES string of the molecule is CS(=O)(=O)c1ccc(C(F)N=C=O)cc1. The second-order valence-electron chi connectivity index (χ2n) is 2.90. The fourth-order valence-electron chi connectivity index (χ4n) is 0.995. The highest BCUT2D eigenvalue weighted by Crippen LogP contribution is 2.20. The quantitative estimate of drug-likeness (QED) is 0.447. The van der Waals surface area contributed by atoms with Crippen LogP contribution < -0.4 is 0 Å². The molecule has 4 nitrogen and oxygen atoms in total. The highest BCUT2D eigenvalue weighted by atomic mass is 32.2. The van der Waals surface area contributed by atoms with Crippen LogP contribution in [0.3, 0.4) is 0 Å². The average Bonchev–Trinajstić information content (AvgIpc) is 2.17. The maximum absolute atomic E-state index is 13.0. The molecule has 0 N–H and O–H groups in total. The van der Waals surface area contributed by atoms with E-state index in [4.69, 9.17) is 0 Å². The lowest BCUT2D eigenvalue weighted by atomic mass is 10.2. The normalized spacial score (nSPS) is 12.9. The fraction of sp³-hybridized carbons (Fsp3) is 0.222. The molecule has 15 heavy (non-hydrogen) atoms. The van der Waals surface area contributed by atoms with Gasteiger partial charge in [0.1, 0.15) is 0 Å². The van der Waals surface area contributed by atoms with E-state index in [1.165, 1.54) is 24.3 Å². The van der Waals surface area contributed by atoms with E-state index in [0.29, 0.717) is 0 Å². The Morgan fingerprint density at radius 1 is 1.33 bits per heavy atom. The van der Waals surface area contributed by atoms with Gasteiger partial charge in [-0.1, -0.05) is 12.1 Å². The first kappa shape index (κ1) is 11.6. The Kier molecular flexibility index (Phi) is 3.34. The third-order valence-electron chi connectivity index (χ3n) is 1.75. The van der Waals surface area contributed by atoms with Crippen LogP contribution in [0.5, 0.6) is 0 Å². The molecule has 0 amide bonds. The van der Waals surface area contributed by atoms with Gasteiger partial charge in [-0.2, -0.15) is 4.99 Å². The van der Waals surface area contributed by atoms with Crippen molar-refractivity contribution < 1.29 is 17.6 Å². The molecule has 80 valence electrons. The van der Waals surface area contributed by atoms with Gasteiger partial charge in [-0.15, -0.1) is 0 Å². The first-order chi connectivity index (χ1) is 6.95. The molecule has 0 spiro atoms. The zero-order chi connectivity index (χ0) is 11.5. The minimum Gasteiger partial charge on any atom is -0.224 e. The van der Waals surface area contributed by atoms with Crippen LogP contribution in [0.1, 0.15) is 11.9 Å². The van der Waals surface area contributed by atoms with Crippen LogP contribution in [0.4, 0.5) is 4.39 Å². The number of nitrogens with zero attached hydrogens (tertiary/aromatic N) is 1. The van der Waals surface area contributed by atoms with Crippen molar-refractivity contribution in [3.8, 4) is 0 Å². The summed E-state index contributed by atoms with van der Waals surface area (Å²) < 4.78 is 35.1. The summed E-state index contributed by atoms with van der Waals surface area (Å²) in [6.07, 6.45) is 0.351. The van der Waals surface area contributed by atoms with Gasteiger partial charge >= 0.3 is 0 Å². The van der Waals surface area contributed by atoms with Gasteiger partial charge in [-0.3, -0.25) is 0 Å². The van der Waals surface area contributed by atoms with Crippen molar-refractivity contribution in [2.75, 3.05) is 6.26 Å². The number of halogens is 1. The van der Waals surface area contributed by atoms with Gasteiger partial charge in [0, 0.05) is 11.8 Å². The number of sulfone groups is 1. The summed E-state index contributed by atoms with van der Waals surface area (Å²) in [6.45, 7) is 0. The lowest BCUT2D eigenvalue weighted by Crippen LogP contribution is -1.97. The molecule has 1 aromatic carbocycles. The summed E-state index contributed by atoms with van der Waals surface area (Å²) in [5.41, 5.74) is 0.116. The second-order valence-corrected chi connectivity index (χ2v) is 4.91. The standard InChI is InChI=1S/C9H8FNO3S/c1-15(13,14)8-4-2-7(3-5-8)9(10)11-6-12/h2-5,9H,1H3. The van der Waals surface area contributed by atoms with Crippen LogP contribution >= 0.6 is 0 Å². The maximum Gasteiger partial charge on any atom is 0.238 e. The van der Waals surface area contributed by atoms with E-state index < -0.39 is 16.1 Å². The molecular formula is C9H8FNO3S. The molecule has 0 radical (unpaired) electrons. The van der Waals surface area contributed by atoms with Gasteiger partial charge in [-0.25, -0.2) is 17.6 Å². The number of hydrogen-bond donors (Lipinski definition) is 0. The zero-order valence-electron chi connectivity index (χ0n) is 7.84. The van der Waals surface area contributed by atoms with E-state index >= 15 is 0 Å². The predicted octanol–water partition coefficient (Wildman–Crippen LogP) is 1.39. The third kappa shape index (κ3) is 2.97. The molecule has 0 bridgehead atoms. The molecule has 1 unspecified atom stereocenters. The molecule has 0 aliphatic carbocycles. The Morgan fingerprint density at radius 3 is 2.27 bits per heavy atom. The van der Waals surface area contributed by atoms with E-state index in [0.717, 1.165) is 12.3 Å². The van der Waals surface area contributed by atoms with Crippen LogP contribution in [-0.4, -0.2) is 20.8 Å². The van der Waals surface area contributed by atoms with Gasteiger partial charge in [-0.05, 0) is 12.1 Å². The molecule has 1 aromatic rings. The van der Waals surface area contributed by atoms with Crippen LogP contribution in [0.25, 0.3) is 0 Å². The summed E-state index contributed by atoms with van der Waals surface area (Å²) in [5.74, 6) is 0. The molecule has 0 saturated heterocycles. The number of rotatable bonds is 3. The Morgan fingerprint density at radius 2 is 1.87 bits per heavy atom. The average molecular weight is 229 g/mol. The first-order valence-electron chi connectivity index (χ1n) is 3.96. The Balaban J connectivity index is 3.05. The van der Waals surface area contributed by atoms with Crippen LogP contribution in [0.15, 0.2) is 34.2 Å². The van der Waals surface area contributed by atoms with Crippen molar-refractivity contribution in [2.45, 2.75) is 11.2 Å². The number of benzene rings is 1. The van der Waals surface area contributed by atoms with Crippen LogP contribution in [0.2, 0.25) is 0 Å². The molecule has 0 aromatic heterocycles. The van der Waals surface area contributed by atoms with Crippen molar-refractivity contribution in [3.63, 3.8) is 0 Å². The molecule has 0 saturated carbocycles. The predicted molar refractivity (Wildman–Crippen MR) is 51.5 cm³/mol. The number of hydrogen-bond acceptors (Lipinski definition) is 4. The largest absolute Gasteiger partial charge is 0.238 e. The number of carbonyl (C=O) groups excluding carboxylic acids is 1. The lowest BCUT2D eigenvalue weighted by molar-refractivity contribution is 0.356. The summed E-state index contributed by atoms with van der Waals surface area (Å²) >= 11 is 0. The van der Waals surface area contributed by atoms with E-state index in [-0.39, 0.29) is 10.5 Å². The molecule has 0 aliphatic heterocycles. The molecular weight excluding hydrogens is 221 g/mol. The minimum absolute atomic E-state index is 0.0912. The third-order valence-corrected chi connectivity index (χ3v) is 2.88. The number of aliphatic imine (C=N–C) groups is 1. The fourth-order valence-corrected chi connectivity index (χ4v) is 1.63. The van der Waals surface area contributed by atoms with E-state index in [9.17, 15) is 17.6 Å².